The SMILES string of the molecule is O[Te](Oc1ccccc1)(c1ccccc1)c1ccccc1. The van der Waals surface area contributed by atoms with Gasteiger partial charge in [0.2, 0.25) is 0 Å². The van der Waals surface area contributed by atoms with Gasteiger partial charge in [-0.25, -0.2) is 0 Å². The summed E-state index contributed by atoms with van der Waals surface area (Å²) < 4.78 is 19.3. The van der Waals surface area contributed by atoms with Crippen molar-refractivity contribution in [2.24, 2.45) is 0 Å². The van der Waals surface area contributed by atoms with Gasteiger partial charge in [-0.15, -0.1) is 0 Å². The van der Waals surface area contributed by atoms with Gasteiger partial charge in [0.25, 0.3) is 0 Å². The maximum atomic E-state index is 11.4. The molecule has 3 aromatic rings. The third-order valence-electron chi connectivity index (χ3n) is 3.09. The van der Waals surface area contributed by atoms with E-state index in [-0.39, 0.29) is 0 Å². The summed E-state index contributed by atoms with van der Waals surface area (Å²) in [6.45, 7) is 0. The predicted molar refractivity (Wildman–Crippen MR) is 87.2 cm³/mol. The van der Waals surface area contributed by atoms with Crippen LogP contribution in [0.25, 0.3) is 0 Å². The maximum absolute atomic E-state index is 11.4. The molecular weight excluding hydrogens is 376 g/mol. The van der Waals surface area contributed by atoms with Crippen molar-refractivity contribution in [2.45, 2.75) is 0 Å². The van der Waals surface area contributed by atoms with Gasteiger partial charge in [-0.1, -0.05) is 0 Å². The zero-order valence-electron chi connectivity index (χ0n) is 11.4. The molecule has 0 aliphatic rings. The van der Waals surface area contributed by atoms with Crippen LogP contribution in [0, 0.1) is 0 Å². The summed E-state index contributed by atoms with van der Waals surface area (Å²) in [5.74, 6) is 0.703. The molecule has 0 fully saturated rings. The van der Waals surface area contributed by atoms with Gasteiger partial charge in [-0.05, 0) is 0 Å². The molecule has 3 rings (SSSR count). The van der Waals surface area contributed by atoms with E-state index in [2.05, 4.69) is 0 Å². The first-order valence-corrected chi connectivity index (χ1v) is 11.0. The number of hydrogen-bond acceptors (Lipinski definition) is 2. The summed E-state index contributed by atoms with van der Waals surface area (Å²) in [6, 6.07) is 28.9. The Kier molecular flexibility index (Phi) is 4.26. The van der Waals surface area contributed by atoms with E-state index in [9.17, 15) is 3.47 Å². The van der Waals surface area contributed by atoms with Crippen LogP contribution in [0.3, 0.4) is 0 Å². The van der Waals surface area contributed by atoms with Crippen molar-refractivity contribution in [2.75, 3.05) is 0 Å². The molecule has 2 nitrogen and oxygen atoms in total. The molecule has 0 amide bonds. The normalized spacial score (nSPS) is 11.9. The molecule has 0 bridgehead atoms. The van der Waals surface area contributed by atoms with Crippen LogP contribution in [0.2, 0.25) is 0 Å². The molecule has 0 atom stereocenters. The Balaban J connectivity index is 2.07. The second-order valence-electron chi connectivity index (χ2n) is 4.55. The van der Waals surface area contributed by atoms with Crippen molar-refractivity contribution in [1.82, 2.24) is 0 Å². The van der Waals surface area contributed by atoms with Gasteiger partial charge in [0.1, 0.15) is 0 Å². The molecule has 0 aromatic heterocycles. The molecule has 106 valence electrons. The van der Waals surface area contributed by atoms with Gasteiger partial charge in [0.15, 0.2) is 0 Å². The molecule has 1 N–H and O–H groups in total. The number of rotatable bonds is 4. The minimum atomic E-state index is -3.88. The van der Waals surface area contributed by atoms with Gasteiger partial charge >= 0.3 is 130 Å². The second kappa shape index (κ2) is 6.32. The molecule has 0 spiro atoms. The van der Waals surface area contributed by atoms with Gasteiger partial charge in [0, 0.05) is 0 Å². The molecule has 3 heteroatoms. The Bertz CT molecular complexity index is 645. The number of benzene rings is 3. The summed E-state index contributed by atoms with van der Waals surface area (Å²) >= 11 is -3.88. The van der Waals surface area contributed by atoms with Crippen LogP contribution < -0.4 is 10.3 Å². The first-order valence-electron chi connectivity index (χ1n) is 6.69. The van der Waals surface area contributed by atoms with Crippen molar-refractivity contribution in [1.29, 1.82) is 0 Å². The monoisotopic (exact) mass is 394 g/mol. The summed E-state index contributed by atoms with van der Waals surface area (Å²) in [4.78, 5) is 0. The molecule has 3 aromatic carbocycles. The quantitative estimate of drug-likeness (QED) is 0.692. The van der Waals surface area contributed by atoms with E-state index in [0.29, 0.717) is 5.75 Å². The van der Waals surface area contributed by atoms with E-state index in [1.165, 1.54) is 0 Å². The van der Waals surface area contributed by atoms with Crippen molar-refractivity contribution >= 4 is 26.2 Å². The van der Waals surface area contributed by atoms with E-state index < -0.39 is 19.0 Å². The van der Waals surface area contributed by atoms with E-state index >= 15 is 0 Å². The molecule has 0 saturated heterocycles. The fourth-order valence-corrected chi connectivity index (χ4v) is 7.50. The first kappa shape index (κ1) is 14.2. The van der Waals surface area contributed by atoms with Gasteiger partial charge in [0.05, 0.1) is 0 Å². The van der Waals surface area contributed by atoms with Crippen molar-refractivity contribution in [3.8, 4) is 5.75 Å². The molecule has 0 unspecified atom stereocenters. The van der Waals surface area contributed by atoms with Crippen molar-refractivity contribution in [3.05, 3.63) is 91.0 Å². The Morgan fingerprint density at radius 3 is 1.38 bits per heavy atom. The van der Waals surface area contributed by atoms with Crippen LogP contribution in [0.15, 0.2) is 91.0 Å². The van der Waals surface area contributed by atoms with Gasteiger partial charge in [-0.3, -0.25) is 0 Å². The third-order valence-corrected chi connectivity index (χ3v) is 9.52. The van der Waals surface area contributed by atoms with E-state index in [0.717, 1.165) is 7.22 Å². The van der Waals surface area contributed by atoms with Crippen LogP contribution >= 0.6 is 0 Å². The van der Waals surface area contributed by atoms with Gasteiger partial charge < -0.3 is 0 Å². The summed E-state index contributed by atoms with van der Waals surface area (Å²) in [6.07, 6.45) is 0. The minimum absolute atomic E-state index is 0.703. The fourth-order valence-electron chi connectivity index (χ4n) is 2.06. The predicted octanol–water partition coefficient (Wildman–Crippen LogP) is 2.31. The van der Waals surface area contributed by atoms with E-state index in [1.54, 1.807) is 0 Å². The third kappa shape index (κ3) is 3.11. The Morgan fingerprint density at radius 2 is 0.952 bits per heavy atom. The zero-order valence-corrected chi connectivity index (χ0v) is 13.8. The first-order chi connectivity index (χ1) is 10.3. The number of para-hydroxylation sites is 1. The summed E-state index contributed by atoms with van der Waals surface area (Å²) in [5.41, 5.74) is 0. The fraction of sp³-hybridized carbons (Fsp3) is 0. The zero-order chi connectivity index (χ0) is 14.5. The molecule has 0 radical (unpaired) electrons. The van der Waals surface area contributed by atoms with Crippen LogP contribution in [-0.4, -0.2) is 22.5 Å². The van der Waals surface area contributed by atoms with Gasteiger partial charge in [-0.2, -0.15) is 0 Å². The molecule has 0 saturated carbocycles. The van der Waals surface area contributed by atoms with E-state index in [4.69, 9.17) is 3.10 Å². The number of hydrogen-bond donors (Lipinski definition) is 1. The van der Waals surface area contributed by atoms with Crippen LogP contribution in [0.1, 0.15) is 0 Å². The Morgan fingerprint density at radius 1 is 0.571 bits per heavy atom. The standard InChI is InChI=1S/C18H16O2Te/c19-21(17-12-6-2-7-13-17,18-14-8-3-9-15-18)20-16-10-4-1-5-11-16/h1-15,19H. The Hall–Kier alpha value is -1.79. The second-order valence-corrected chi connectivity index (χ2v) is 10.7. The topological polar surface area (TPSA) is 29.5 Å². The van der Waals surface area contributed by atoms with Crippen molar-refractivity contribution < 1.29 is 6.57 Å². The molecule has 0 heterocycles. The van der Waals surface area contributed by atoms with Crippen molar-refractivity contribution in [3.63, 3.8) is 0 Å². The van der Waals surface area contributed by atoms with Crippen LogP contribution in [0.4, 0.5) is 0 Å². The molecule has 0 aliphatic carbocycles. The summed E-state index contributed by atoms with van der Waals surface area (Å²) in [5, 5.41) is 0. The van der Waals surface area contributed by atoms with Crippen LogP contribution in [-0.2, 0) is 0 Å². The molecule has 0 aliphatic heterocycles. The summed E-state index contributed by atoms with van der Waals surface area (Å²) in [7, 11) is 0. The molecule has 21 heavy (non-hydrogen) atoms. The average Bonchev–Trinajstić information content (AvgIpc) is 2.57. The Labute approximate surface area is 129 Å². The van der Waals surface area contributed by atoms with E-state index in [1.807, 2.05) is 91.0 Å². The molecular formula is C18H16O2Te. The average molecular weight is 392 g/mol. The van der Waals surface area contributed by atoms with Crippen LogP contribution in [0.5, 0.6) is 5.75 Å².